The average Bonchev–Trinajstić information content (AvgIpc) is 3.03. The molecule has 0 bridgehead atoms. The maximum atomic E-state index is 12.8. The van der Waals surface area contributed by atoms with E-state index in [0.717, 1.165) is 5.39 Å². The minimum Gasteiger partial charge on any atom is -0.477 e. The van der Waals surface area contributed by atoms with Crippen molar-refractivity contribution >= 4 is 22.8 Å². The van der Waals surface area contributed by atoms with E-state index >= 15 is 0 Å². The highest BCUT2D eigenvalue weighted by Gasteiger charge is 2.43. The molecule has 1 aromatic heterocycles. The zero-order chi connectivity index (χ0) is 14.3. The summed E-state index contributed by atoms with van der Waals surface area (Å²) in [5, 5.41) is 12.5. The number of H-pyrrole nitrogens is 1. The number of carboxylic acids is 1. The van der Waals surface area contributed by atoms with Gasteiger partial charge in [0.15, 0.2) is 0 Å². The fourth-order valence-electron chi connectivity index (χ4n) is 2.31. The van der Waals surface area contributed by atoms with Crippen molar-refractivity contribution in [3.8, 4) is 0 Å². The Hall–Kier alpha value is -2.37. The van der Waals surface area contributed by atoms with Gasteiger partial charge in [-0.3, -0.25) is 4.79 Å². The Morgan fingerprint density at radius 1 is 1.40 bits per heavy atom. The Kier molecular flexibility index (Phi) is 2.93. The maximum Gasteiger partial charge on any atom is 0.352 e. The summed E-state index contributed by atoms with van der Waals surface area (Å²) >= 11 is 0. The predicted octanol–water partition coefficient (Wildman–Crippen LogP) is 1.84. The van der Waals surface area contributed by atoms with Crippen molar-refractivity contribution in [3.05, 3.63) is 35.5 Å². The van der Waals surface area contributed by atoms with Gasteiger partial charge in [-0.05, 0) is 12.5 Å². The summed E-state index contributed by atoms with van der Waals surface area (Å²) in [6, 6.07) is 7.15. The van der Waals surface area contributed by atoms with Gasteiger partial charge in [0.1, 0.15) is 11.9 Å². The summed E-state index contributed by atoms with van der Waals surface area (Å²) in [4.78, 5) is 25.7. The number of carbonyl (C=O) groups excluding carboxylic acids is 1. The number of benzene rings is 1. The number of hydrogen-bond donors (Lipinski definition) is 3. The topological polar surface area (TPSA) is 82.2 Å². The molecule has 1 aliphatic rings. The van der Waals surface area contributed by atoms with E-state index in [2.05, 4.69) is 10.3 Å². The number of halogens is 1. The lowest BCUT2D eigenvalue weighted by molar-refractivity contribution is -0.122. The number of hydrogen-bond acceptors (Lipinski definition) is 2. The van der Waals surface area contributed by atoms with E-state index in [1.807, 2.05) is 0 Å². The Morgan fingerprint density at radius 3 is 2.75 bits per heavy atom. The lowest BCUT2D eigenvalue weighted by Gasteiger charge is -2.04. The summed E-state index contributed by atoms with van der Waals surface area (Å²) in [6.07, 6.45) is -0.803. The predicted molar refractivity (Wildman–Crippen MR) is 70.1 cm³/mol. The van der Waals surface area contributed by atoms with Crippen molar-refractivity contribution in [2.24, 2.45) is 5.92 Å². The van der Waals surface area contributed by atoms with Crippen LogP contribution in [0.15, 0.2) is 24.3 Å². The molecule has 2 unspecified atom stereocenters. The van der Waals surface area contributed by atoms with Crippen LogP contribution in [0.1, 0.15) is 22.5 Å². The van der Waals surface area contributed by atoms with Gasteiger partial charge in [0.2, 0.25) is 5.91 Å². The molecule has 0 aliphatic heterocycles. The summed E-state index contributed by atoms with van der Waals surface area (Å²) in [6.45, 7) is 0.0771. The van der Waals surface area contributed by atoms with Gasteiger partial charge in [-0.1, -0.05) is 18.2 Å². The molecular formula is C14H13FN2O3. The van der Waals surface area contributed by atoms with Gasteiger partial charge in [-0.25, -0.2) is 9.18 Å². The molecular weight excluding hydrogens is 263 g/mol. The molecule has 2 atom stereocenters. The fourth-order valence-corrected chi connectivity index (χ4v) is 2.31. The van der Waals surface area contributed by atoms with Gasteiger partial charge in [0.25, 0.3) is 0 Å². The first-order valence-electron chi connectivity index (χ1n) is 6.32. The minimum absolute atomic E-state index is 0.0547. The lowest BCUT2D eigenvalue weighted by Crippen LogP contribution is -2.26. The molecule has 0 saturated heterocycles. The number of amides is 1. The number of aromatic carboxylic acids is 1. The van der Waals surface area contributed by atoms with E-state index in [9.17, 15) is 19.1 Å². The summed E-state index contributed by atoms with van der Waals surface area (Å²) < 4.78 is 12.8. The molecule has 5 nitrogen and oxygen atoms in total. The molecule has 0 radical (unpaired) electrons. The highest BCUT2D eigenvalue weighted by Crippen LogP contribution is 2.34. The second kappa shape index (κ2) is 4.63. The first-order chi connectivity index (χ1) is 9.58. The monoisotopic (exact) mass is 276 g/mol. The SMILES string of the molecule is O=C(O)c1[nH]c2ccccc2c1CNC(=O)C1CC1F. The molecule has 3 N–H and O–H groups in total. The first-order valence-corrected chi connectivity index (χ1v) is 6.32. The number of nitrogens with one attached hydrogen (secondary N) is 2. The molecule has 1 fully saturated rings. The minimum atomic E-state index is -1.08. The van der Waals surface area contributed by atoms with E-state index in [1.54, 1.807) is 24.3 Å². The Labute approximate surface area is 113 Å². The largest absolute Gasteiger partial charge is 0.477 e. The van der Waals surface area contributed by atoms with Crippen LogP contribution in [0.5, 0.6) is 0 Å². The normalized spacial score (nSPS) is 20.9. The van der Waals surface area contributed by atoms with Crippen LogP contribution in [-0.4, -0.2) is 28.1 Å². The van der Waals surface area contributed by atoms with Crippen LogP contribution < -0.4 is 5.32 Å². The molecule has 1 heterocycles. The van der Waals surface area contributed by atoms with Crippen LogP contribution in [0.4, 0.5) is 4.39 Å². The Balaban J connectivity index is 1.87. The summed E-state index contributed by atoms with van der Waals surface area (Å²) in [7, 11) is 0. The maximum absolute atomic E-state index is 12.8. The van der Waals surface area contributed by atoms with Crippen molar-refractivity contribution in [3.63, 3.8) is 0 Å². The average molecular weight is 276 g/mol. The number of para-hydroxylation sites is 1. The van der Waals surface area contributed by atoms with Crippen molar-refractivity contribution in [2.75, 3.05) is 0 Å². The fraction of sp³-hybridized carbons (Fsp3) is 0.286. The van der Waals surface area contributed by atoms with Gasteiger partial charge >= 0.3 is 5.97 Å². The van der Waals surface area contributed by atoms with Crippen molar-refractivity contribution in [1.82, 2.24) is 10.3 Å². The summed E-state index contributed by atoms with van der Waals surface area (Å²) in [5.74, 6) is -2.02. The lowest BCUT2D eigenvalue weighted by atomic mass is 10.1. The van der Waals surface area contributed by atoms with Crippen LogP contribution in [0.25, 0.3) is 10.9 Å². The Morgan fingerprint density at radius 2 is 2.10 bits per heavy atom. The van der Waals surface area contributed by atoms with Gasteiger partial charge in [0.05, 0.1) is 5.92 Å². The third-order valence-corrected chi connectivity index (χ3v) is 3.52. The second-order valence-electron chi connectivity index (χ2n) is 4.91. The number of carbonyl (C=O) groups is 2. The number of carboxylic acid groups (broad SMARTS) is 1. The highest BCUT2D eigenvalue weighted by molar-refractivity contribution is 5.97. The van der Waals surface area contributed by atoms with E-state index < -0.39 is 18.1 Å². The summed E-state index contributed by atoms with van der Waals surface area (Å²) in [5.41, 5.74) is 1.26. The zero-order valence-electron chi connectivity index (χ0n) is 10.5. The van der Waals surface area contributed by atoms with E-state index in [0.29, 0.717) is 11.1 Å². The molecule has 1 aromatic carbocycles. The standard InChI is InChI=1S/C14H13FN2O3/c15-10-5-8(10)13(18)16-6-9-7-3-1-2-4-11(7)17-12(9)14(19)20/h1-4,8,10,17H,5-6H2,(H,16,18)(H,19,20). The second-order valence-corrected chi connectivity index (χ2v) is 4.91. The molecule has 6 heteroatoms. The molecule has 0 spiro atoms. The third-order valence-electron chi connectivity index (χ3n) is 3.52. The third kappa shape index (κ3) is 2.13. The first kappa shape index (κ1) is 12.7. The number of alkyl halides is 1. The van der Waals surface area contributed by atoms with Gasteiger partial charge < -0.3 is 15.4 Å². The molecule has 20 heavy (non-hydrogen) atoms. The van der Waals surface area contributed by atoms with Gasteiger partial charge in [-0.15, -0.1) is 0 Å². The number of fused-ring (bicyclic) bond motifs is 1. The van der Waals surface area contributed by atoms with E-state index in [-0.39, 0.29) is 24.6 Å². The van der Waals surface area contributed by atoms with Crippen LogP contribution >= 0.6 is 0 Å². The van der Waals surface area contributed by atoms with Crippen LogP contribution in [0.3, 0.4) is 0 Å². The van der Waals surface area contributed by atoms with Crippen molar-refractivity contribution < 1.29 is 19.1 Å². The van der Waals surface area contributed by atoms with Crippen LogP contribution in [0.2, 0.25) is 0 Å². The molecule has 1 amide bonds. The highest BCUT2D eigenvalue weighted by atomic mass is 19.1. The van der Waals surface area contributed by atoms with Crippen molar-refractivity contribution in [1.29, 1.82) is 0 Å². The zero-order valence-corrected chi connectivity index (χ0v) is 10.5. The van der Waals surface area contributed by atoms with Gasteiger partial charge in [0, 0.05) is 23.0 Å². The van der Waals surface area contributed by atoms with Crippen molar-refractivity contribution in [2.45, 2.75) is 19.1 Å². The number of rotatable bonds is 4. The van der Waals surface area contributed by atoms with Crippen LogP contribution in [0, 0.1) is 5.92 Å². The van der Waals surface area contributed by atoms with E-state index in [1.165, 1.54) is 0 Å². The Bertz CT molecular complexity index is 695. The molecule has 1 saturated carbocycles. The molecule has 1 aliphatic carbocycles. The molecule has 3 rings (SSSR count). The number of aromatic nitrogens is 1. The quantitative estimate of drug-likeness (QED) is 0.797. The van der Waals surface area contributed by atoms with E-state index in [4.69, 9.17) is 0 Å². The van der Waals surface area contributed by atoms with Gasteiger partial charge in [-0.2, -0.15) is 0 Å². The van der Waals surface area contributed by atoms with Crippen LogP contribution in [-0.2, 0) is 11.3 Å². The smallest absolute Gasteiger partial charge is 0.352 e. The molecule has 2 aromatic rings. The molecule has 104 valence electrons. The number of aromatic amines is 1.